The van der Waals surface area contributed by atoms with E-state index in [1.165, 1.54) is 0 Å². The first kappa shape index (κ1) is 17.7. The average molecular weight is 372 g/mol. The second-order valence-corrected chi connectivity index (χ2v) is 6.38. The minimum absolute atomic E-state index is 0.475. The Kier molecular flexibility index (Phi) is 4.97. The van der Waals surface area contributed by atoms with E-state index in [9.17, 15) is 0 Å². The molecule has 7 nitrogen and oxygen atoms in total. The predicted molar refractivity (Wildman–Crippen MR) is 109 cm³/mol. The van der Waals surface area contributed by atoms with Gasteiger partial charge >= 0.3 is 0 Å². The highest BCUT2D eigenvalue weighted by atomic mass is 16.5. The van der Waals surface area contributed by atoms with E-state index in [-0.39, 0.29) is 0 Å². The fourth-order valence-electron chi connectivity index (χ4n) is 2.89. The van der Waals surface area contributed by atoms with Gasteiger partial charge in [0.15, 0.2) is 0 Å². The molecular formula is C21H20N6O. The van der Waals surface area contributed by atoms with Gasteiger partial charge in [0.25, 0.3) is 0 Å². The number of ether oxygens (including phenoxy) is 1. The zero-order valence-corrected chi connectivity index (χ0v) is 15.5. The number of rotatable bonds is 6. The number of para-hydroxylation sites is 1. The molecule has 0 aliphatic carbocycles. The van der Waals surface area contributed by atoms with Crippen LogP contribution >= 0.6 is 0 Å². The zero-order valence-electron chi connectivity index (χ0n) is 15.5. The van der Waals surface area contributed by atoms with Gasteiger partial charge in [0.05, 0.1) is 23.6 Å². The standard InChI is InChI=1S/C21H20N6O/c1-14-11-25-20(12-24-14)28-19-5-3-2-4-15(19)8-9-23-21-17-10-16(22)6-7-18(17)26-13-27-21/h2-7,10-13H,8-9,22H2,1H3,(H,23,26,27). The van der Waals surface area contributed by atoms with E-state index in [0.717, 1.165) is 40.1 Å². The van der Waals surface area contributed by atoms with Gasteiger partial charge in [-0.15, -0.1) is 0 Å². The van der Waals surface area contributed by atoms with Gasteiger partial charge in [-0.2, -0.15) is 0 Å². The fourth-order valence-corrected chi connectivity index (χ4v) is 2.89. The SMILES string of the molecule is Cc1cnc(Oc2ccccc2CCNc2ncnc3ccc(N)cc23)cn1. The summed E-state index contributed by atoms with van der Waals surface area (Å²) in [5.74, 6) is 2.00. The van der Waals surface area contributed by atoms with Crippen LogP contribution in [0.15, 0.2) is 61.2 Å². The molecule has 7 heteroatoms. The Morgan fingerprint density at radius 1 is 1.00 bits per heavy atom. The lowest BCUT2D eigenvalue weighted by Gasteiger charge is -2.12. The molecule has 2 aromatic carbocycles. The number of benzene rings is 2. The molecule has 140 valence electrons. The highest BCUT2D eigenvalue weighted by molar-refractivity contribution is 5.91. The Labute approximate surface area is 162 Å². The molecule has 0 saturated heterocycles. The molecule has 4 rings (SSSR count). The number of anilines is 2. The molecule has 0 unspecified atom stereocenters. The Balaban J connectivity index is 1.47. The molecule has 0 fully saturated rings. The van der Waals surface area contributed by atoms with E-state index in [1.807, 2.05) is 49.4 Å². The monoisotopic (exact) mass is 372 g/mol. The van der Waals surface area contributed by atoms with Gasteiger partial charge in [0.1, 0.15) is 17.9 Å². The van der Waals surface area contributed by atoms with Crippen molar-refractivity contribution in [3.05, 3.63) is 72.4 Å². The molecule has 0 saturated carbocycles. The first-order chi connectivity index (χ1) is 13.7. The normalized spacial score (nSPS) is 10.8. The first-order valence-corrected chi connectivity index (χ1v) is 8.97. The fraction of sp³-hybridized carbons (Fsp3) is 0.143. The molecule has 3 N–H and O–H groups in total. The van der Waals surface area contributed by atoms with Gasteiger partial charge < -0.3 is 15.8 Å². The smallest absolute Gasteiger partial charge is 0.237 e. The van der Waals surface area contributed by atoms with E-state index in [1.54, 1.807) is 18.7 Å². The maximum absolute atomic E-state index is 5.91. The summed E-state index contributed by atoms with van der Waals surface area (Å²) in [5.41, 5.74) is 9.36. The number of fused-ring (bicyclic) bond motifs is 1. The van der Waals surface area contributed by atoms with Crippen molar-refractivity contribution in [1.29, 1.82) is 0 Å². The van der Waals surface area contributed by atoms with Crippen molar-refractivity contribution in [3.63, 3.8) is 0 Å². The van der Waals surface area contributed by atoms with E-state index < -0.39 is 0 Å². The molecule has 2 heterocycles. The van der Waals surface area contributed by atoms with Crippen LogP contribution in [0.2, 0.25) is 0 Å². The van der Waals surface area contributed by atoms with Crippen molar-refractivity contribution in [1.82, 2.24) is 19.9 Å². The van der Waals surface area contributed by atoms with Crippen LogP contribution in [0, 0.1) is 6.92 Å². The van der Waals surface area contributed by atoms with Crippen molar-refractivity contribution in [2.45, 2.75) is 13.3 Å². The number of hydrogen-bond acceptors (Lipinski definition) is 7. The third kappa shape index (κ3) is 3.98. The zero-order chi connectivity index (χ0) is 19.3. The summed E-state index contributed by atoms with van der Waals surface area (Å²) in [6, 6.07) is 13.5. The lowest BCUT2D eigenvalue weighted by atomic mass is 10.1. The van der Waals surface area contributed by atoms with E-state index in [0.29, 0.717) is 18.1 Å². The summed E-state index contributed by atoms with van der Waals surface area (Å²) in [7, 11) is 0. The Morgan fingerprint density at radius 2 is 1.89 bits per heavy atom. The number of hydrogen-bond donors (Lipinski definition) is 2. The molecule has 0 aliphatic rings. The quantitative estimate of drug-likeness (QED) is 0.497. The van der Waals surface area contributed by atoms with Crippen molar-refractivity contribution in [2.75, 3.05) is 17.6 Å². The predicted octanol–water partition coefficient (Wildman–Crippen LogP) is 3.76. The number of aromatic nitrogens is 4. The highest BCUT2D eigenvalue weighted by Crippen LogP contribution is 2.25. The van der Waals surface area contributed by atoms with E-state index in [4.69, 9.17) is 10.5 Å². The minimum Gasteiger partial charge on any atom is -0.437 e. The summed E-state index contributed by atoms with van der Waals surface area (Å²) < 4.78 is 5.91. The first-order valence-electron chi connectivity index (χ1n) is 8.97. The Bertz CT molecular complexity index is 1100. The molecule has 28 heavy (non-hydrogen) atoms. The molecule has 2 aromatic heterocycles. The van der Waals surface area contributed by atoms with E-state index in [2.05, 4.69) is 25.3 Å². The van der Waals surface area contributed by atoms with Crippen LogP contribution in [0.25, 0.3) is 10.9 Å². The minimum atomic E-state index is 0.475. The van der Waals surface area contributed by atoms with Crippen LogP contribution in [-0.4, -0.2) is 26.5 Å². The summed E-state index contributed by atoms with van der Waals surface area (Å²) >= 11 is 0. The molecule has 4 aromatic rings. The molecule has 0 bridgehead atoms. The Morgan fingerprint density at radius 3 is 2.75 bits per heavy atom. The van der Waals surface area contributed by atoms with Gasteiger partial charge in [-0.25, -0.2) is 15.0 Å². The van der Waals surface area contributed by atoms with Gasteiger partial charge in [0.2, 0.25) is 5.88 Å². The summed E-state index contributed by atoms with van der Waals surface area (Å²) in [6.45, 7) is 2.57. The van der Waals surface area contributed by atoms with Crippen LogP contribution in [0.1, 0.15) is 11.3 Å². The number of nitrogens with zero attached hydrogens (tertiary/aromatic N) is 4. The average Bonchev–Trinajstić information content (AvgIpc) is 2.71. The number of aryl methyl sites for hydroxylation is 1. The maximum atomic E-state index is 5.91. The molecule has 0 aliphatic heterocycles. The molecule has 0 radical (unpaired) electrons. The van der Waals surface area contributed by atoms with Crippen LogP contribution < -0.4 is 15.8 Å². The largest absolute Gasteiger partial charge is 0.437 e. The molecule has 0 amide bonds. The highest BCUT2D eigenvalue weighted by Gasteiger charge is 2.07. The summed E-state index contributed by atoms with van der Waals surface area (Å²) in [6.07, 6.45) is 5.62. The molecular weight excluding hydrogens is 352 g/mol. The second-order valence-electron chi connectivity index (χ2n) is 6.38. The lowest BCUT2D eigenvalue weighted by Crippen LogP contribution is -2.08. The summed E-state index contributed by atoms with van der Waals surface area (Å²) in [4.78, 5) is 17.1. The number of nitrogens with one attached hydrogen (secondary N) is 1. The maximum Gasteiger partial charge on any atom is 0.237 e. The molecule has 0 spiro atoms. The third-order valence-electron chi connectivity index (χ3n) is 4.29. The van der Waals surface area contributed by atoms with Crippen LogP contribution in [-0.2, 0) is 6.42 Å². The summed E-state index contributed by atoms with van der Waals surface area (Å²) in [5, 5.41) is 4.28. The number of nitrogens with two attached hydrogens (primary N) is 1. The topological polar surface area (TPSA) is 98.8 Å². The lowest BCUT2D eigenvalue weighted by molar-refractivity contribution is 0.454. The van der Waals surface area contributed by atoms with Crippen molar-refractivity contribution in [2.24, 2.45) is 0 Å². The van der Waals surface area contributed by atoms with Crippen LogP contribution in [0.3, 0.4) is 0 Å². The van der Waals surface area contributed by atoms with Gasteiger partial charge in [-0.05, 0) is 43.2 Å². The van der Waals surface area contributed by atoms with E-state index >= 15 is 0 Å². The Hall–Kier alpha value is -3.74. The van der Waals surface area contributed by atoms with Gasteiger partial charge in [0, 0.05) is 17.6 Å². The van der Waals surface area contributed by atoms with Gasteiger partial charge in [-0.3, -0.25) is 4.98 Å². The van der Waals surface area contributed by atoms with Crippen LogP contribution in [0.5, 0.6) is 11.6 Å². The van der Waals surface area contributed by atoms with Crippen molar-refractivity contribution >= 4 is 22.4 Å². The second kappa shape index (κ2) is 7.87. The third-order valence-corrected chi connectivity index (χ3v) is 4.29. The number of nitrogen functional groups attached to an aromatic ring is 1. The van der Waals surface area contributed by atoms with Gasteiger partial charge in [-0.1, -0.05) is 18.2 Å². The van der Waals surface area contributed by atoms with Crippen molar-refractivity contribution < 1.29 is 4.74 Å². The van der Waals surface area contributed by atoms with Crippen LogP contribution in [0.4, 0.5) is 11.5 Å². The van der Waals surface area contributed by atoms with Crippen molar-refractivity contribution in [3.8, 4) is 11.6 Å². The molecule has 0 atom stereocenters.